The second kappa shape index (κ2) is 11.4. The van der Waals surface area contributed by atoms with Crippen molar-refractivity contribution in [1.82, 2.24) is 0 Å². The minimum Gasteiger partial charge on any atom is -0.549 e. The van der Waals surface area contributed by atoms with E-state index in [1.807, 2.05) is 0 Å². The third-order valence-corrected chi connectivity index (χ3v) is 1.67. The summed E-state index contributed by atoms with van der Waals surface area (Å²) in [5, 5.41) is 19.3. The summed E-state index contributed by atoms with van der Waals surface area (Å²) >= 11 is 0. The minimum absolute atomic E-state index is 0. The topological polar surface area (TPSA) is 97.3 Å². The van der Waals surface area contributed by atoms with Gasteiger partial charge in [-0.25, -0.2) is 0 Å². The Balaban J connectivity index is -0.000000405. The Morgan fingerprint density at radius 1 is 1.00 bits per heavy atom. The molecule has 0 amide bonds. The van der Waals surface area contributed by atoms with Crippen LogP contribution in [0.15, 0.2) is 0 Å². The summed E-state index contributed by atoms with van der Waals surface area (Å²) in [6.07, 6.45) is 0. The summed E-state index contributed by atoms with van der Waals surface area (Å²) in [5.41, 5.74) is 0. The van der Waals surface area contributed by atoms with E-state index >= 15 is 0 Å². The number of carboxylic acid groups (broad SMARTS) is 2. The standard InChI is InChI=1S/C4H6O5S.2K/c5-3(6)1-10(9)2-4(7)8;;/h1-2H2,(H,5,6)(H,7,8);;/q;2*+1/p-2. The van der Waals surface area contributed by atoms with E-state index in [2.05, 4.69) is 0 Å². The van der Waals surface area contributed by atoms with Gasteiger partial charge in [0.05, 0.1) is 23.4 Å². The zero-order valence-corrected chi connectivity index (χ0v) is 13.9. The first-order valence-corrected chi connectivity index (χ1v) is 3.76. The minimum atomic E-state index is -1.90. The SMILES string of the molecule is O=C([O-])CS(=O)CC(=O)[O-].[K+].[K+]. The zero-order chi connectivity index (χ0) is 8.15. The van der Waals surface area contributed by atoms with Crippen molar-refractivity contribution in [2.75, 3.05) is 11.5 Å². The van der Waals surface area contributed by atoms with Crippen molar-refractivity contribution in [3.63, 3.8) is 0 Å². The van der Waals surface area contributed by atoms with Gasteiger partial charge in [0.25, 0.3) is 0 Å². The van der Waals surface area contributed by atoms with Crippen molar-refractivity contribution in [3.8, 4) is 0 Å². The van der Waals surface area contributed by atoms with Gasteiger partial charge in [-0.2, -0.15) is 0 Å². The number of rotatable bonds is 4. The fourth-order valence-electron chi connectivity index (χ4n) is 0.314. The molecule has 0 saturated heterocycles. The molecule has 0 aliphatic carbocycles. The average molecular weight is 242 g/mol. The monoisotopic (exact) mass is 242 g/mol. The van der Waals surface area contributed by atoms with E-state index in [1.54, 1.807) is 0 Å². The normalized spacial score (nSPS) is 8.08. The van der Waals surface area contributed by atoms with Crippen LogP contribution in [0.4, 0.5) is 0 Å². The van der Waals surface area contributed by atoms with E-state index in [0.29, 0.717) is 0 Å². The first kappa shape index (κ1) is 19.9. The van der Waals surface area contributed by atoms with Crippen molar-refractivity contribution < 1.29 is 127 Å². The van der Waals surface area contributed by atoms with Gasteiger partial charge in [-0.05, 0) is 0 Å². The maximum absolute atomic E-state index is 10.3. The molecule has 0 aliphatic heterocycles. The molecule has 0 aromatic heterocycles. The molecular formula is C4H4K2O5S. The summed E-state index contributed by atoms with van der Waals surface area (Å²) in [5.74, 6) is -4.57. The van der Waals surface area contributed by atoms with Crippen LogP contribution in [-0.2, 0) is 20.4 Å². The Kier molecular flexibility index (Phi) is 18.9. The largest absolute Gasteiger partial charge is 1.00 e. The van der Waals surface area contributed by atoms with Crippen LogP contribution in [0.2, 0.25) is 0 Å². The van der Waals surface area contributed by atoms with E-state index < -0.39 is 34.2 Å². The Hall–Kier alpha value is 2.36. The third-order valence-electron chi connectivity index (χ3n) is 0.558. The van der Waals surface area contributed by atoms with Crippen molar-refractivity contribution in [2.45, 2.75) is 0 Å². The predicted molar refractivity (Wildman–Crippen MR) is 27.9 cm³/mol. The Labute approximate surface area is 157 Å². The molecule has 12 heavy (non-hydrogen) atoms. The van der Waals surface area contributed by atoms with Crippen molar-refractivity contribution in [3.05, 3.63) is 0 Å². The van der Waals surface area contributed by atoms with E-state index in [1.165, 1.54) is 0 Å². The molecule has 0 unspecified atom stereocenters. The molecule has 0 rings (SSSR count). The first-order valence-electron chi connectivity index (χ1n) is 2.27. The molecule has 0 aromatic carbocycles. The Morgan fingerprint density at radius 2 is 1.25 bits per heavy atom. The molecule has 58 valence electrons. The third kappa shape index (κ3) is 14.9. The summed E-state index contributed by atoms with van der Waals surface area (Å²) < 4.78 is 10.3. The molecule has 0 aromatic rings. The van der Waals surface area contributed by atoms with Crippen LogP contribution in [0.25, 0.3) is 0 Å². The number of carbonyl (C=O) groups excluding carboxylic acids is 2. The van der Waals surface area contributed by atoms with Crippen LogP contribution in [0.1, 0.15) is 0 Å². The van der Waals surface area contributed by atoms with Crippen LogP contribution in [0.3, 0.4) is 0 Å². The molecule has 0 heterocycles. The van der Waals surface area contributed by atoms with E-state index in [0.717, 1.165) is 0 Å². The van der Waals surface area contributed by atoms with Crippen molar-refractivity contribution >= 4 is 22.7 Å². The molecule has 0 fully saturated rings. The van der Waals surface area contributed by atoms with Crippen LogP contribution >= 0.6 is 0 Å². The van der Waals surface area contributed by atoms with E-state index in [9.17, 15) is 24.0 Å². The quantitative estimate of drug-likeness (QED) is 0.456. The molecule has 0 spiro atoms. The molecule has 0 aliphatic rings. The van der Waals surface area contributed by atoms with Crippen LogP contribution < -0.4 is 113 Å². The molecule has 0 atom stereocenters. The molecule has 0 radical (unpaired) electrons. The van der Waals surface area contributed by atoms with E-state index in [4.69, 9.17) is 0 Å². The van der Waals surface area contributed by atoms with Crippen molar-refractivity contribution in [2.24, 2.45) is 0 Å². The second-order valence-electron chi connectivity index (χ2n) is 1.47. The fourth-order valence-corrected chi connectivity index (χ4v) is 0.942. The van der Waals surface area contributed by atoms with Gasteiger partial charge in [0.2, 0.25) is 0 Å². The summed E-state index contributed by atoms with van der Waals surface area (Å²) in [7, 11) is -1.90. The number of hydrogen-bond donors (Lipinski definition) is 0. The average Bonchev–Trinajstić information content (AvgIpc) is 1.58. The zero-order valence-electron chi connectivity index (χ0n) is 6.86. The molecule has 0 N–H and O–H groups in total. The van der Waals surface area contributed by atoms with Gasteiger partial charge < -0.3 is 19.8 Å². The summed E-state index contributed by atoms with van der Waals surface area (Å²) in [4.78, 5) is 19.3. The van der Waals surface area contributed by atoms with Crippen LogP contribution in [0, 0.1) is 0 Å². The summed E-state index contributed by atoms with van der Waals surface area (Å²) in [6, 6.07) is 0. The fraction of sp³-hybridized carbons (Fsp3) is 0.500. The predicted octanol–water partition coefficient (Wildman–Crippen LogP) is -9.76. The second-order valence-corrected chi connectivity index (χ2v) is 2.93. The molecular weight excluding hydrogens is 238 g/mol. The molecule has 5 nitrogen and oxygen atoms in total. The number of carboxylic acids is 2. The van der Waals surface area contributed by atoms with Crippen LogP contribution in [0.5, 0.6) is 0 Å². The van der Waals surface area contributed by atoms with Gasteiger partial charge in [0.1, 0.15) is 0 Å². The smallest absolute Gasteiger partial charge is 0.549 e. The first-order chi connectivity index (χ1) is 4.52. The summed E-state index contributed by atoms with van der Waals surface area (Å²) in [6.45, 7) is 0. The Bertz CT molecular complexity index is 164. The number of hydrogen-bond acceptors (Lipinski definition) is 5. The maximum atomic E-state index is 10.3. The van der Waals surface area contributed by atoms with Crippen molar-refractivity contribution in [1.29, 1.82) is 0 Å². The maximum Gasteiger partial charge on any atom is 1.00 e. The van der Waals surface area contributed by atoms with Gasteiger partial charge in [0, 0.05) is 10.8 Å². The van der Waals surface area contributed by atoms with E-state index in [-0.39, 0.29) is 103 Å². The van der Waals surface area contributed by atoms with Gasteiger partial charge in [-0.15, -0.1) is 0 Å². The number of carbonyl (C=O) groups is 2. The van der Waals surface area contributed by atoms with Crippen LogP contribution in [-0.4, -0.2) is 27.7 Å². The molecule has 8 heteroatoms. The van der Waals surface area contributed by atoms with Gasteiger partial charge in [0.15, 0.2) is 0 Å². The Morgan fingerprint density at radius 3 is 1.42 bits per heavy atom. The number of aliphatic carboxylic acids is 2. The van der Waals surface area contributed by atoms with Gasteiger partial charge >= 0.3 is 103 Å². The van der Waals surface area contributed by atoms with Gasteiger partial charge in [-0.3, -0.25) is 4.21 Å². The molecule has 0 saturated carbocycles. The van der Waals surface area contributed by atoms with Gasteiger partial charge in [-0.1, -0.05) is 0 Å². The molecule has 0 bridgehead atoms.